The Bertz CT molecular complexity index is 916. The van der Waals surface area contributed by atoms with Gasteiger partial charge in [-0.15, -0.1) is 11.3 Å². The zero-order chi connectivity index (χ0) is 19.2. The summed E-state index contributed by atoms with van der Waals surface area (Å²) in [6.07, 6.45) is 9.06. The summed E-state index contributed by atoms with van der Waals surface area (Å²) in [5.41, 5.74) is 1.40. The fourth-order valence-corrected chi connectivity index (χ4v) is 5.81. The number of rotatable bonds is 3. The first-order chi connectivity index (χ1) is 12.8. The molecule has 6 heteroatoms. The van der Waals surface area contributed by atoms with Crippen molar-refractivity contribution < 1.29 is 4.79 Å². The smallest absolute Gasteiger partial charge is 0.262 e. The van der Waals surface area contributed by atoms with Gasteiger partial charge in [-0.2, -0.15) is 0 Å². The third-order valence-electron chi connectivity index (χ3n) is 6.29. The van der Waals surface area contributed by atoms with Gasteiger partial charge in [0.25, 0.3) is 5.56 Å². The van der Waals surface area contributed by atoms with Crippen LogP contribution < -0.4 is 10.9 Å². The Morgan fingerprint density at radius 2 is 2.04 bits per heavy atom. The van der Waals surface area contributed by atoms with Crippen molar-refractivity contribution in [3.05, 3.63) is 27.1 Å². The average Bonchev–Trinajstić information content (AvgIpc) is 3.23. The average molecular weight is 388 g/mol. The third-order valence-corrected chi connectivity index (χ3v) is 7.46. The van der Waals surface area contributed by atoms with Crippen LogP contribution in [0.15, 0.2) is 11.1 Å². The van der Waals surface area contributed by atoms with Crippen LogP contribution in [0, 0.1) is 11.3 Å². The minimum absolute atomic E-state index is 0.0618. The Morgan fingerprint density at radius 1 is 1.30 bits per heavy atom. The molecule has 1 saturated carbocycles. The van der Waals surface area contributed by atoms with E-state index in [-0.39, 0.29) is 29.5 Å². The van der Waals surface area contributed by atoms with E-state index in [2.05, 4.69) is 31.1 Å². The molecule has 2 aromatic heterocycles. The maximum atomic E-state index is 13.1. The lowest BCUT2D eigenvalue weighted by Crippen LogP contribution is -2.37. The second-order valence-corrected chi connectivity index (χ2v) is 10.3. The van der Waals surface area contributed by atoms with Crippen molar-refractivity contribution in [2.75, 3.05) is 0 Å². The molecule has 2 aliphatic carbocycles. The Morgan fingerprint density at radius 3 is 2.74 bits per heavy atom. The molecule has 0 aliphatic heterocycles. The van der Waals surface area contributed by atoms with E-state index in [0.717, 1.165) is 42.3 Å². The van der Waals surface area contributed by atoms with E-state index in [1.807, 2.05) is 0 Å². The van der Waals surface area contributed by atoms with Crippen LogP contribution in [0.25, 0.3) is 10.2 Å². The minimum Gasteiger partial charge on any atom is -0.352 e. The number of nitrogens with zero attached hydrogens (tertiary/aromatic N) is 2. The number of hydrogen-bond donors (Lipinski definition) is 1. The van der Waals surface area contributed by atoms with Gasteiger partial charge in [-0.3, -0.25) is 14.2 Å². The molecule has 1 N–H and O–H groups in total. The molecule has 0 saturated heterocycles. The van der Waals surface area contributed by atoms with Crippen LogP contribution in [0.2, 0.25) is 0 Å². The summed E-state index contributed by atoms with van der Waals surface area (Å²) >= 11 is 1.66. The summed E-state index contributed by atoms with van der Waals surface area (Å²) < 4.78 is 1.48. The summed E-state index contributed by atoms with van der Waals surface area (Å²) in [6, 6.07) is 0.271. The SMILES string of the molecule is CC(C)(C)[C@@H]1CCc2c(sc3ncn(CC(=O)NC4CCCC4)c(=O)c23)C1. The second kappa shape index (κ2) is 7.04. The molecular weight excluding hydrogens is 358 g/mol. The first kappa shape index (κ1) is 18.7. The monoisotopic (exact) mass is 387 g/mol. The molecular formula is C21H29N3O2S. The summed E-state index contributed by atoms with van der Waals surface area (Å²) in [5.74, 6) is 0.555. The maximum absolute atomic E-state index is 13.1. The van der Waals surface area contributed by atoms with Crippen LogP contribution in [0.5, 0.6) is 0 Å². The zero-order valence-electron chi connectivity index (χ0n) is 16.5. The van der Waals surface area contributed by atoms with E-state index >= 15 is 0 Å². The van der Waals surface area contributed by atoms with E-state index in [4.69, 9.17) is 0 Å². The second-order valence-electron chi connectivity index (χ2n) is 9.22. The molecule has 1 fully saturated rings. The normalized spacial score (nSPS) is 20.8. The van der Waals surface area contributed by atoms with Crippen LogP contribution in [0.4, 0.5) is 0 Å². The van der Waals surface area contributed by atoms with Crippen molar-refractivity contribution in [1.29, 1.82) is 0 Å². The summed E-state index contributed by atoms with van der Waals surface area (Å²) in [6.45, 7) is 6.95. The van der Waals surface area contributed by atoms with Crippen LogP contribution >= 0.6 is 11.3 Å². The molecule has 0 aromatic carbocycles. The van der Waals surface area contributed by atoms with Crippen LogP contribution in [0.1, 0.15) is 63.3 Å². The van der Waals surface area contributed by atoms with Crippen molar-refractivity contribution in [2.45, 2.75) is 78.3 Å². The number of thiophene rings is 1. The lowest BCUT2D eigenvalue weighted by molar-refractivity contribution is -0.122. The number of aryl methyl sites for hydroxylation is 1. The van der Waals surface area contributed by atoms with Gasteiger partial charge >= 0.3 is 0 Å². The topological polar surface area (TPSA) is 64.0 Å². The highest BCUT2D eigenvalue weighted by atomic mass is 32.1. The Kier molecular flexibility index (Phi) is 4.87. The van der Waals surface area contributed by atoms with Gasteiger partial charge < -0.3 is 5.32 Å². The number of carbonyl (C=O) groups is 1. The van der Waals surface area contributed by atoms with Gasteiger partial charge in [0.1, 0.15) is 11.4 Å². The highest BCUT2D eigenvalue weighted by Gasteiger charge is 2.31. The van der Waals surface area contributed by atoms with Crippen molar-refractivity contribution in [3.63, 3.8) is 0 Å². The van der Waals surface area contributed by atoms with E-state index in [1.54, 1.807) is 17.7 Å². The summed E-state index contributed by atoms with van der Waals surface area (Å²) in [5, 5.41) is 3.81. The van der Waals surface area contributed by atoms with Gasteiger partial charge in [0.05, 0.1) is 11.7 Å². The molecule has 1 atom stereocenters. The lowest BCUT2D eigenvalue weighted by atomic mass is 9.72. The van der Waals surface area contributed by atoms with Crippen LogP contribution in [0.3, 0.4) is 0 Å². The highest BCUT2D eigenvalue weighted by Crippen LogP contribution is 2.41. The van der Waals surface area contributed by atoms with Crippen molar-refractivity contribution >= 4 is 27.5 Å². The molecule has 2 aromatic rings. The molecule has 27 heavy (non-hydrogen) atoms. The molecule has 0 bridgehead atoms. The van der Waals surface area contributed by atoms with Gasteiger partial charge in [-0.05, 0) is 49.0 Å². The van der Waals surface area contributed by atoms with Crippen molar-refractivity contribution in [2.24, 2.45) is 11.3 Å². The molecule has 2 aliphatic rings. The number of amides is 1. The molecule has 0 radical (unpaired) electrons. The Hall–Kier alpha value is -1.69. The summed E-state index contributed by atoms with van der Waals surface area (Å²) in [4.78, 5) is 32.1. The largest absolute Gasteiger partial charge is 0.352 e. The molecule has 4 rings (SSSR count). The van der Waals surface area contributed by atoms with Gasteiger partial charge in [-0.25, -0.2) is 4.98 Å². The van der Waals surface area contributed by atoms with Crippen molar-refractivity contribution in [1.82, 2.24) is 14.9 Å². The van der Waals surface area contributed by atoms with E-state index < -0.39 is 0 Å². The van der Waals surface area contributed by atoms with Gasteiger partial charge in [0.15, 0.2) is 0 Å². The van der Waals surface area contributed by atoms with Gasteiger partial charge in [0.2, 0.25) is 5.91 Å². The number of carbonyl (C=O) groups excluding carboxylic acids is 1. The first-order valence-corrected chi connectivity index (χ1v) is 10.9. The molecule has 146 valence electrons. The zero-order valence-corrected chi connectivity index (χ0v) is 17.3. The van der Waals surface area contributed by atoms with Crippen LogP contribution in [-0.2, 0) is 24.2 Å². The quantitative estimate of drug-likeness (QED) is 0.874. The molecule has 0 unspecified atom stereocenters. The lowest BCUT2D eigenvalue weighted by Gasteiger charge is -2.33. The molecule has 5 nitrogen and oxygen atoms in total. The van der Waals surface area contributed by atoms with E-state index in [0.29, 0.717) is 5.92 Å². The molecule has 0 spiro atoms. The Balaban J connectivity index is 1.59. The third kappa shape index (κ3) is 3.68. The maximum Gasteiger partial charge on any atom is 0.262 e. The number of hydrogen-bond acceptors (Lipinski definition) is 4. The first-order valence-electron chi connectivity index (χ1n) is 10.1. The number of aromatic nitrogens is 2. The predicted molar refractivity (Wildman–Crippen MR) is 109 cm³/mol. The Labute approximate surface area is 164 Å². The van der Waals surface area contributed by atoms with Crippen LogP contribution in [-0.4, -0.2) is 21.5 Å². The number of fused-ring (bicyclic) bond motifs is 3. The van der Waals surface area contributed by atoms with E-state index in [1.165, 1.54) is 27.8 Å². The van der Waals surface area contributed by atoms with Gasteiger partial charge in [0, 0.05) is 10.9 Å². The minimum atomic E-state index is -0.0814. The van der Waals surface area contributed by atoms with Crippen molar-refractivity contribution in [3.8, 4) is 0 Å². The van der Waals surface area contributed by atoms with E-state index in [9.17, 15) is 9.59 Å². The van der Waals surface area contributed by atoms with Gasteiger partial charge in [-0.1, -0.05) is 33.6 Å². The molecule has 1 amide bonds. The molecule has 2 heterocycles. The fourth-order valence-electron chi connectivity index (χ4n) is 4.55. The number of nitrogens with one attached hydrogen (secondary N) is 1. The predicted octanol–water partition coefficient (Wildman–Crippen LogP) is 3.67. The fraction of sp³-hybridized carbons (Fsp3) is 0.667. The highest BCUT2D eigenvalue weighted by molar-refractivity contribution is 7.18. The summed E-state index contributed by atoms with van der Waals surface area (Å²) in [7, 11) is 0. The standard InChI is InChI=1S/C21H29N3O2S/c1-21(2,3)13-8-9-15-16(10-13)27-19-18(15)20(26)24(12-22-19)11-17(25)23-14-6-4-5-7-14/h12-14H,4-11H2,1-3H3,(H,23,25)/t13-/m1/s1.